The summed E-state index contributed by atoms with van der Waals surface area (Å²) in [7, 11) is -3.86. The van der Waals surface area contributed by atoms with E-state index in [1.165, 1.54) is 12.3 Å². The van der Waals surface area contributed by atoms with Crippen molar-refractivity contribution in [3.05, 3.63) is 60.2 Å². The fourth-order valence-electron chi connectivity index (χ4n) is 2.13. The number of carbonyl (C=O) groups excluding carboxylic acids is 2. The summed E-state index contributed by atoms with van der Waals surface area (Å²) in [6.45, 7) is 0. The Morgan fingerprint density at radius 2 is 1.84 bits per heavy atom. The standard InChI is InChI=1S/C15H11FN4O4S/c16-9-1-3-11(4-2-9)25(23,24)12-5-10(17-7-12)6-13(21)14(22)15-18-8-19-20-15/h1-5,7-8,17H,6H2,(H,18,19,20). The Morgan fingerprint density at radius 3 is 2.48 bits per heavy atom. The van der Waals surface area contributed by atoms with Gasteiger partial charge in [0.25, 0.3) is 5.78 Å². The molecule has 0 spiro atoms. The summed E-state index contributed by atoms with van der Waals surface area (Å²) in [5.41, 5.74) is 0.249. The molecule has 25 heavy (non-hydrogen) atoms. The van der Waals surface area contributed by atoms with E-state index in [1.54, 1.807) is 0 Å². The second-order valence-corrected chi connectivity index (χ2v) is 7.03. The average molecular weight is 362 g/mol. The van der Waals surface area contributed by atoms with Crippen LogP contribution >= 0.6 is 0 Å². The monoisotopic (exact) mass is 362 g/mol. The Hall–Kier alpha value is -3.14. The van der Waals surface area contributed by atoms with E-state index in [2.05, 4.69) is 20.2 Å². The molecule has 3 rings (SSSR count). The van der Waals surface area contributed by atoms with Gasteiger partial charge in [-0.1, -0.05) is 0 Å². The van der Waals surface area contributed by atoms with E-state index in [-0.39, 0.29) is 27.7 Å². The smallest absolute Gasteiger partial charge is 0.265 e. The second kappa shape index (κ2) is 6.40. The van der Waals surface area contributed by atoms with E-state index in [1.807, 2.05) is 0 Å². The fourth-order valence-corrected chi connectivity index (χ4v) is 3.40. The molecule has 0 bridgehead atoms. The van der Waals surface area contributed by atoms with Crippen molar-refractivity contribution >= 4 is 21.4 Å². The van der Waals surface area contributed by atoms with Gasteiger partial charge in [-0.05, 0) is 30.3 Å². The van der Waals surface area contributed by atoms with Crippen LogP contribution in [0.1, 0.15) is 16.3 Å². The molecule has 0 aliphatic heterocycles. The van der Waals surface area contributed by atoms with Gasteiger partial charge in [0, 0.05) is 11.9 Å². The highest BCUT2D eigenvalue weighted by Gasteiger charge is 2.23. The van der Waals surface area contributed by atoms with Gasteiger partial charge in [-0.2, -0.15) is 5.10 Å². The number of aromatic nitrogens is 4. The molecule has 1 aromatic carbocycles. The van der Waals surface area contributed by atoms with Crippen molar-refractivity contribution in [2.24, 2.45) is 0 Å². The second-order valence-electron chi connectivity index (χ2n) is 5.08. The van der Waals surface area contributed by atoms with Crippen LogP contribution in [-0.4, -0.2) is 40.1 Å². The molecule has 0 aliphatic rings. The molecular weight excluding hydrogens is 351 g/mol. The van der Waals surface area contributed by atoms with Crippen LogP contribution in [0.25, 0.3) is 0 Å². The number of benzene rings is 1. The lowest BCUT2D eigenvalue weighted by molar-refractivity contribution is -0.114. The lowest BCUT2D eigenvalue weighted by Gasteiger charge is -2.01. The molecule has 0 atom stereocenters. The first kappa shape index (κ1) is 16.7. The van der Waals surface area contributed by atoms with Crippen LogP contribution in [0.3, 0.4) is 0 Å². The molecule has 0 saturated carbocycles. The van der Waals surface area contributed by atoms with Crippen molar-refractivity contribution in [3.8, 4) is 0 Å². The summed E-state index contributed by atoms with van der Waals surface area (Å²) in [5, 5.41) is 5.78. The molecule has 0 fully saturated rings. The van der Waals surface area contributed by atoms with E-state index in [0.717, 1.165) is 30.6 Å². The fraction of sp³-hybridized carbons (Fsp3) is 0.0667. The van der Waals surface area contributed by atoms with Gasteiger partial charge in [0.15, 0.2) is 5.82 Å². The third-order valence-corrected chi connectivity index (χ3v) is 5.13. The summed E-state index contributed by atoms with van der Waals surface area (Å²) < 4.78 is 37.8. The van der Waals surface area contributed by atoms with E-state index in [9.17, 15) is 22.4 Å². The highest BCUT2D eigenvalue weighted by atomic mass is 32.2. The van der Waals surface area contributed by atoms with Crippen molar-refractivity contribution in [1.82, 2.24) is 20.2 Å². The maximum Gasteiger partial charge on any atom is 0.265 e. The number of rotatable bonds is 6. The van der Waals surface area contributed by atoms with Gasteiger partial charge in [-0.3, -0.25) is 14.7 Å². The number of aromatic amines is 2. The molecule has 2 heterocycles. The minimum atomic E-state index is -3.86. The van der Waals surface area contributed by atoms with Crippen LogP contribution in [0, 0.1) is 5.82 Å². The number of nitrogens with one attached hydrogen (secondary N) is 2. The number of sulfone groups is 1. The largest absolute Gasteiger partial charge is 0.363 e. The van der Waals surface area contributed by atoms with E-state index in [0.29, 0.717) is 0 Å². The number of ketones is 2. The first-order valence-corrected chi connectivity index (χ1v) is 8.47. The van der Waals surface area contributed by atoms with Crippen molar-refractivity contribution < 1.29 is 22.4 Å². The summed E-state index contributed by atoms with van der Waals surface area (Å²) in [5.74, 6) is -2.36. The minimum absolute atomic E-state index is 0.0801. The third kappa shape index (κ3) is 3.38. The molecule has 128 valence electrons. The summed E-state index contributed by atoms with van der Waals surface area (Å²) in [4.78, 5) is 29.8. The highest BCUT2D eigenvalue weighted by Crippen LogP contribution is 2.22. The molecule has 2 N–H and O–H groups in total. The van der Waals surface area contributed by atoms with Crippen molar-refractivity contribution in [1.29, 1.82) is 0 Å². The normalized spacial score (nSPS) is 11.4. The Morgan fingerprint density at radius 1 is 1.12 bits per heavy atom. The van der Waals surface area contributed by atoms with Gasteiger partial charge in [-0.15, -0.1) is 0 Å². The Labute approximate surface area is 141 Å². The van der Waals surface area contributed by atoms with Crippen molar-refractivity contribution in [3.63, 3.8) is 0 Å². The minimum Gasteiger partial charge on any atom is -0.363 e. The van der Waals surface area contributed by atoms with Gasteiger partial charge in [0.05, 0.1) is 16.2 Å². The molecule has 0 unspecified atom stereocenters. The number of hydrogen-bond donors (Lipinski definition) is 2. The van der Waals surface area contributed by atoms with E-state index < -0.39 is 27.2 Å². The zero-order chi connectivity index (χ0) is 18.0. The molecule has 3 aromatic rings. The van der Waals surface area contributed by atoms with Crippen molar-refractivity contribution in [2.75, 3.05) is 0 Å². The maximum atomic E-state index is 12.9. The topological polar surface area (TPSA) is 126 Å². The Balaban J connectivity index is 1.79. The lowest BCUT2D eigenvalue weighted by Crippen LogP contribution is -2.18. The van der Waals surface area contributed by atoms with Crippen LogP contribution < -0.4 is 0 Å². The van der Waals surface area contributed by atoms with Gasteiger partial charge in [0.1, 0.15) is 12.1 Å². The van der Waals surface area contributed by atoms with E-state index in [4.69, 9.17) is 0 Å². The molecule has 0 saturated heterocycles. The van der Waals surface area contributed by atoms with Crippen LogP contribution in [0.5, 0.6) is 0 Å². The van der Waals surface area contributed by atoms with E-state index >= 15 is 0 Å². The predicted octanol–water partition coefficient (Wildman–Crippen LogP) is 1.10. The predicted molar refractivity (Wildman–Crippen MR) is 82.1 cm³/mol. The maximum absolute atomic E-state index is 12.9. The first-order valence-electron chi connectivity index (χ1n) is 6.99. The average Bonchev–Trinajstić information content (AvgIpc) is 3.26. The van der Waals surface area contributed by atoms with Gasteiger partial charge in [0.2, 0.25) is 15.6 Å². The molecule has 0 amide bonds. The van der Waals surface area contributed by atoms with Gasteiger partial charge < -0.3 is 4.98 Å². The Bertz CT molecular complexity index is 1020. The molecule has 0 radical (unpaired) electrons. The third-order valence-electron chi connectivity index (χ3n) is 3.38. The summed E-state index contributed by atoms with van der Waals surface area (Å²) in [6, 6.07) is 5.64. The number of Topliss-reactive ketones (excluding diaryl/α,β-unsaturated/α-hetero) is 2. The number of H-pyrrole nitrogens is 2. The SMILES string of the molecule is O=C(Cc1cc(S(=O)(=O)c2ccc(F)cc2)c[nH]1)C(=O)c1ncn[nH]1. The number of hydrogen-bond acceptors (Lipinski definition) is 6. The Kier molecular flexibility index (Phi) is 4.28. The van der Waals surface area contributed by atoms with Gasteiger partial charge in [-0.25, -0.2) is 17.8 Å². The molecular formula is C15H11FN4O4S. The van der Waals surface area contributed by atoms with Crippen LogP contribution in [0.15, 0.2) is 52.6 Å². The van der Waals surface area contributed by atoms with Crippen LogP contribution in [0.4, 0.5) is 4.39 Å². The summed E-state index contributed by atoms with van der Waals surface area (Å²) in [6.07, 6.45) is 1.99. The van der Waals surface area contributed by atoms with Crippen LogP contribution in [-0.2, 0) is 21.1 Å². The number of nitrogens with zero attached hydrogens (tertiary/aromatic N) is 2. The van der Waals surface area contributed by atoms with Crippen LogP contribution in [0.2, 0.25) is 0 Å². The highest BCUT2D eigenvalue weighted by molar-refractivity contribution is 7.91. The molecule has 8 nitrogen and oxygen atoms in total. The zero-order valence-electron chi connectivity index (χ0n) is 12.6. The molecule has 0 aliphatic carbocycles. The first-order chi connectivity index (χ1) is 11.9. The zero-order valence-corrected chi connectivity index (χ0v) is 13.4. The number of halogens is 1. The van der Waals surface area contributed by atoms with Crippen molar-refractivity contribution in [2.45, 2.75) is 16.2 Å². The summed E-state index contributed by atoms with van der Waals surface area (Å²) >= 11 is 0. The lowest BCUT2D eigenvalue weighted by atomic mass is 10.1. The number of carbonyl (C=O) groups is 2. The van der Waals surface area contributed by atoms with Gasteiger partial charge >= 0.3 is 0 Å². The molecule has 2 aromatic heterocycles. The molecule has 10 heteroatoms. The quantitative estimate of drug-likeness (QED) is 0.384.